The molecule has 18 heavy (non-hydrogen) atoms. The first-order chi connectivity index (χ1) is 8.50. The number of para-hydroxylation sites is 1. The number of aryl methyl sites for hydroxylation is 2. The lowest BCUT2D eigenvalue weighted by Crippen LogP contribution is -2.32. The van der Waals surface area contributed by atoms with Gasteiger partial charge in [0.05, 0.1) is 0 Å². The number of nitrogens with one attached hydrogen (secondary N) is 1. The molecule has 0 saturated carbocycles. The van der Waals surface area contributed by atoms with Crippen LogP contribution in [-0.4, -0.2) is 30.9 Å². The zero-order valence-corrected chi connectivity index (χ0v) is 11.6. The summed E-state index contributed by atoms with van der Waals surface area (Å²) in [5.74, 6) is 0.846. The second-order valence-electron chi connectivity index (χ2n) is 4.33. The maximum Gasteiger partial charge on any atom is 0.125 e. The van der Waals surface area contributed by atoms with Crippen LogP contribution in [0.15, 0.2) is 29.8 Å². The van der Waals surface area contributed by atoms with Crippen LogP contribution in [0.2, 0.25) is 0 Å². The summed E-state index contributed by atoms with van der Waals surface area (Å²) in [4.78, 5) is 0. The van der Waals surface area contributed by atoms with Gasteiger partial charge in [-0.05, 0) is 25.0 Å². The molecule has 100 valence electrons. The first-order valence-electron chi connectivity index (χ1n) is 5.91. The van der Waals surface area contributed by atoms with Crippen molar-refractivity contribution in [2.75, 3.05) is 19.7 Å². The summed E-state index contributed by atoms with van der Waals surface area (Å²) in [6.07, 6.45) is -0.569. The van der Waals surface area contributed by atoms with E-state index in [1.165, 1.54) is 0 Å². The van der Waals surface area contributed by atoms with Gasteiger partial charge < -0.3 is 15.2 Å². The average Bonchev–Trinajstić information content (AvgIpc) is 2.27. The summed E-state index contributed by atoms with van der Waals surface area (Å²) in [6.45, 7) is 8.71. The Morgan fingerprint density at radius 2 is 2.06 bits per heavy atom. The zero-order chi connectivity index (χ0) is 13.5. The van der Waals surface area contributed by atoms with Crippen molar-refractivity contribution in [3.05, 3.63) is 40.9 Å². The summed E-state index contributed by atoms with van der Waals surface area (Å²) >= 11 is 5.61. The van der Waals surface area contributed by atoms with Crippen LogP contribution < -0.4 is 10.1 Å². The van der Waals surface area contributed by atoms with Crippen molar-refractivity contribution in [2.45, 2.75) is 20.0 Å². The molecule has 0 amide bonds. The molecule has 0 aromatic heterocycles. The molecule has 1 atom stereocenters. The molecule has 3 nitrogen and oxygen atoms in total. The Morgan fingerprint density at radius 3 is 2.61 bits per heavy atom. The van der Waals surface area contributed by atoms with Crippen LogP contribution in [0.5, 0.6) is 5.75 Å². The maximum absolute atomic E-state index is 9.74. The van der Waals surface area contributed by atoms with E-state index in [0.717, 1.165) is 16.9 Å². The van der Waals surface area contributed by atoms with Crippen molar-refractivity contribution in [2.24, 2.45) is 0 Å². The number of hydrogen-bond donors (Lipinski definition) is 2. The SMILES string of the molecule is C=C(Cl)CNCC(O)COc1c(C)cccc1C. The highest BCUT2D eigenvalue weighted by Crippen LogP contribution is 2.22. The van der Waals surface area contributed by atoms with Gasteiger partial charge in [0.2, 0.25) is 0 Å². The maximum atomic E-state index is 9.74. The Morgan fingerprint density at radius 1 is 1.44 bits per heavy atom. The van der Waals surface area contributed by atoms with E-state index in [0.29, 0.717) is 18.1 Å². The molecule has 2 N–H and O–H groups in total. The Hall–Kier alpha value is -1.03. The van der Waals surface area contributed by atoms with Gasteiger partial charge in [-0.1, -0.05) is 36.4 Å². The number of rotatable bonds is 7. The normalized spacial score (nSPS) is 12.2. The van der Waals surface area contributed by atoms with E-state index in [1.807, 2.05) is 32.0 Å². The molecule has 1 aromatic rings. The van der Waals surface area contributed by atoms with Crippen molar-refractivity contribution in [1.82, 2.24) is 5.32 Å². The molecule has 0 bridgehead atoms. The van der Waals surface area contributed by atoms with Crippen molar-refractivity contribution in [1.29, 1.82) is 0 Å². The quantitative estimate of drug-likeness (QED) is 0.799. The predicted molar refractivity (Wildman–Crippen MR) is 75.3 cm³/mol. The monoisotopic (exact) mass is 269 g/mol. The summed E-state index contributed by atoms with van der Waals surface area (Å²) in [7, 11) is 0. The fourth-order valence-electron chi connectivity index (χ4n) is 1.64. The van der Waals surface area contributed by atoms with Crippen LogP contribution in [0.4, 0.5) is 0 Å². The Labute approximate surface area is 113 Å². The number of ether oxygens (including phenoxy) is 1. The largest absolute Gasteiger partial charge is 0.490 e. The second-order valence-corrected chi connectivity index (χ2v) is 4.87. The highest BCUT2D eigenvalue weighted by atomic mass is 35.5. The van der Waals surface area contributed by atoms with E-state index >= 15 is 0 Å². The number of halogens is 1. The van der Waals surface area contributed by atoms with Crippen LogP contribution >= 0.6 is 11.6 Å². The molecule has 0 heterocycles. The van der Waals surface area contributed by atoms with E-state index in [1.54, 1.807) is 0 Å². The summed E-state index contributed by atoms with van der Waals surface area (Å²) < 4.78 is 5.64. The molecule has 1 unspecified atom stereocenters. The fourth-order valence-corrected chi connectivity index (χ4v) is 1.73. The zero-order valence-electron chi connectivity index (χ0n) is 10.9. The Bertz CT molecular complexity index is 387. The van der Waals surface area contributed by atoms with Crippen LogP contribution in [0, 0.1) is 13.8 Å². The van der Waals surface area contributed by atoms with Gasteiger partial charge in [-0.3, -0.25) is 0 Å². The van der Waals surface area contributed by atoms with E-state index < -0.39 is 6.10 Å². The Balaban J connectivity index is 2.38. The van der Waals surface area contributed by atoms with Crippen LogP contribution in [0.3, 0.4) is 0 Å². The summed E-state index contributed by atoms with van der Waals surface area (Å²) in [5.41, 5.74) is 2.15. The number of aliphatic hydroxyl groups is 1. The van der Waals surface area contributed by atoms with Crippen molar-refractivity contribution >= 4 is 11.6 Å². The van der Waals surface area contributed by atoms with Crippen LogP contribution in [0.25, 0.3) is 0 Å². The summed E-state index contributed by atoms with van der Waals surface area (Å²) in [5, 5.41) is 13.3. The molecule has 0 saturated heterocycles. The third-order valence-corrected chi connectivity index (χ3v) is 2.66. The Kier molecular flexibility index (Phi) is 6.19. The van der Waals surface area contributed by atoms with Gasteiger partial charge in [-0.2, -0.15) is 0 Å². The van der Waals surface area contributed by atoms with E-state index in [4.69, 9.17) is 16.3 Å². The van der Waals surface area contributed by atoms with Crippen molar-refractivity contribution in [3.63, 3.8) is 0 Å². The number of hydrogen-bond acceptors (Lipinski definition) is 3. The minimum absolute atomic E-state index is 0.257. The lowest BCUT2D eigenvalue weighted by atomic mass is 10.1. The van der Waals surface area contributed by atoms with E-state index in [9.17, 15) is 5.11 Å². The minimum Gasteiger partial charge on any atom is -0.490 e. The number of benzene rings is 1. The van der Waals surface area contributed by atoms with E-state index in [2.05, 4.69) is 11.9 Å². The average molecular weight is 270 g/mol. The lowest BCUT2D eigenvalue weighted by molar-refractivity contribution is 0.106. The van der Waals surface area contributed by atoms with Crippen molar-refractivity contribution in [3.8, 4) is 5.75 Å². The van der Waals surface area contributed by atoms with Crippen LogP contribution in [-0.2, 0) is 0 Å². The minimum atomic E-state index is -0.569. The smallest absolute Gasteiger partial charge is 0.125 e. The molecule has 0 aliphatic carbocycles. The van der Waals surface area contributed by atoms with Gasteiger partial charge in [0.1, 0.15) is 18.5 Å². The molecule has 0 aliphatic heterocycles. The van der Waals surface area contributed by atoms with Gasteiger partial charge in [0, 0.05) is 18.1 Å². The van der Waals surface area contributed by atoms with Crippen LogP contribution in [0.1, 0.15) is 11.1 Å². The third-order valence-electron chi connectivity index (χ3n) is 2.53. The third kappa shape index (κ3) is 5.08. The van der Waals surface area contributed by atoms with Gasteiger partial charge in [0.15, 0.2) is 0 Å². The standard InChI is InChI=1S/C14H20ClNO2/c1-10-5-4-6-11(2)14(10)18-9-13(17)8-16-7-12(3)15/h4-6,13,16-17H,3,7-9H2,1-2H3. The van der Waals surface area contributed by atoms with E-state index in [-0.39, 0.29) is 6.61 Å². The first kappa shape index (κ1) is 15.0. The molecule has 0 spiro atoms. The molecular formula is C14H20ClNO2. The molecule has 4 heteroatoms. The molecule has 0 fully saturated rings. The summed E-state index contributed by atoms with van der Waals surface area (Å²) in [6, 6.07) is 5.97. The van der Waals surface area contributed by atoms with Gasteiger partial charge >= 0.3 is 0 Å². The van der Waals surface area contributed by atoms with Gasteiger partial charge in [0.25, 0.3) is 0 Å². The molecule has 0 radical (unpaired) electrons. The molecule has 1 rings (SSSR count). The highest BCUT2D eigenvalue weighted by Gasteiger charge is 2.08. The van der Waals surface area contributed by atoms with Gasteiger partial charge in [-0.25, -0.2) is 0 Å². The molecule has 1 aromatic carbocycles. The topological polar surface area (TPSA) is 41.5 Å². The van der Waals surface area contributed by atoms with Crippen molar-refractivity contribution < 1.29 is 9.84 Å². The molecular weight excluding hydrogens is 250 g/mol. The molecule has 0 aliphatic rings. The first-order valence-corrected chi connectivity index (χ1v) is 6.29. The number of aliphatic hydroxyl groups excluding tert-OH is 1. The highest BCUT2D eigenvalue weighted by molar-refractivity contribution is 6.29. The predicted octanol–water partition coefficient (Wildman–Crippen LogP) is 2.39. The second kappa shape index (κ2) is 7.41. The lowest BCUT2D eigenvalue weighted by Gasteiger charge is -2.16. The fraction of sp³-hybridized carbons (Fsp3) is 0.429. The van der Waals surface area contributed by atoms with Gasteiger partial charge in [-0.15, -0.1) is 0 Å².